The van der Waals surface area contributed by atoms with Gasteiger partial charge in [-0.15, -0.1) is 0 Å². The van der Waals surface area contributed by atoms with E-state index < -0.39 is 17.7 Å². The van der Waals surface area contributed by atoms with E-state index in [9.17, 15) is 14.7 Å². The Morgan fingerprint density at radius 1 is 1.06 bits per heavy atom. The average Bonchev–Trinajstić information content (AvgIpc) is 3.45. The summed E-state index contributed by atoms with van der Waals surface area (Å²) in [5.74, 6) is -0.626. The zero-order valence-corrected chi connectivity index (χ0v) is 19.2. The number of amides is 1. The number of ether oxygens (including phenoxy) is 1. The second kappa shape index (κ2) is 8.82. The second-order valence-electron chi connectivity index (χ2n) is 8.69. The zero-order chi connectivity index (χ0) is 23.0. The number of nitrogens with one attached hydrogen (secondary N) is 1. The maximum absolute atomic E-state index is 13.2. The molecule has 7 heteroatoms. The molecule has 2 aliphatic rings. The normalized spacial score (nSPS) is 21.0. The van der Waals surface area contributed by atoms with Crippen molar-refractivity contribution in [2.45, 2.75) is 39.7 Å². The molecule has 0 saturated carbocycles. The van der Waals surface area contributed by atoms with Gasteiger partial charge in [-0.25, -0.2) is 0 Å². The van der Waals surface area contributed by atoms with Gasteiger partial charge in [-0.3, -0.25) is 9.59 Å². The number of Topliss-reactive ketones (excluding diaryl/α,β-unsaturated/α-hetero) is 1. The van der Waals surface area contributed by atoms with E-state index in [2.05, 4.69) is 9.88 Å². The SMILES string of the molecule is COc1ccc(C2/C(=C(\O)c3c(C)[nH]c(C)c3C)C(=O)C(=O)N2CCN2CCCC2)cc1. The molecule has 1 unspecified atom stereocenters. The number of hydrogen-bond donors (Lipinski definition) is 2. The van der Waals surface area contributed by atoms with Gasteiger partial charge < -0.3 is 24.6 Å². The number of nitrogens with zero attached hydrogens (tertiary/aromatic N) is 2. The number of methoxy groups -OCH3 is 1. The van der Waals surface area contributed by atoms with Gasteiger partial charge in [0.05, 0.1) is 18.7 Å². The molecule has 170 valence electrons. The van der Waals surface area contributed by atoms with Crippen molar-refractivity contribution < 1.29 is 19.4 Å². The number of aryl methyl sites for hydroxylation is 2. The first-order valence-corrected chi connectivity index (χ1v) is 11.1. The Bertz CT molecular complexity index is 1060. The molecule has 1 amide bonds. The number of benzene rings is 1. The number of aromatic amines is 1. The molecule has 1 aromatic carbocycles. The molecule has 3 heterocycles. The topological polar surface area (TPSA) is 85.9 Å². The molecule has 32 heavy (non-hydrogen) atoms. The van der Waals surface area contributed by atoms with Gasteiger partial charge in [-0.1, -0.05) is 12.1 Å². The van der Waals surface area contributed by atoms with Gasteiger partial charge in [-0.05, 0) is 70.0 Å². The van der Waals surface area contributed by atoms with Crippen LogP contribution in [0.4, 0.5) is 0 Å². The number of likely N-dealkylation sites (tertiary alicyclic amines) is 2. The Morgan fingerprint density at radius 2 is 1.72 bits per heavy atom. The van der Waals surface area contributed by atoms with Crippen molar-refractivity contribution in [2.24, 2.45) is 0 Å². The minimum Gasteiger partial charge on any atom is -0.507 e. The van der Waals surface area contributed by atoms with E-state index in [1.807, 2.05) is 45.0 Å². The highest BCUT2D eigenvalue weighted by atomic mass is 16.5. The third-order valence-electron chi connectivity index (χ3n) is 6.75. The van der Waals surface area contributed by atoms with Gasteiger partial charge in [0, 0.05) is 30.0 Å². The first kappa shape index (κ1) is 22.1. The molecular weight excluding hydrogens is 406 g/mol. The van der Waals surface area contributed by atoms with Crippen molar-refractivity contribution >= 4 is 17.4 Å². The number of hydrogen-bond acceptors (Lipinski definition) is 5. The molecule has 2 N–H and O–H groups in total. The van der Waals surface area contributed by atoms with Crippen LogP contribution < -0.4 is 4.74 Å². The maximum atomic E-state index is 13.2. The fraction of sp³-hybridized carbons (Fsp3) is 0.440. The van der Waals surface area contributed by atoms with Crippen molar-refractivity contribution in [3.8, 4) is 5.75 Å². The lowest BCUT2D eigenvalue weighted by atomic mass is 9.94. The molecule has 0 spiro atoms. The van der Waals surface area contributed by atoms with E-state index in [1.165, 1.54) is 0 Å². The summed E-state index contributed by atoms with van der Waals surface area (Å²) in [6.07, 6.45) is 2.32. The Balaban J connectivity index is 1.80. The lowest BCUT2D eigenvalue weighted by Gasteiger charge is -2.27. The number of H-pyrrole nitrogens is 1. The largest absolute Gasteiger partial charge is 0.507 e. The predicted octanol–water partition coefficient (Wildman–Crippen LogP) is 3.47. The quantitative estimate of drug-likeness (QED) is 0.411. The lowest BCUT2D eigenvalue weighted by Crippen LogP contribution is -2.37. The smallest absolute Gasteiger partial charge is 0.295 e. The molecule has 2 aliphatic heterocycles. The van der Waals surface area contributed by atoms with Gasteiger partial charge in [0.15, 0.2) is 0 Å². The monoisotopic (exact) mass is 437 g/mol. The molecule has 2 fully saturated rings. The molecule has 7 nitrogen and oxygen atoms in total. The first-order chi connectivity index (χ1) is 15.3. The van der Waals surface area contributed by atoms with Crippen LogP contribution in [0.3, 0.4) is 0 Å². The predicted molar refractivity (Wildman–Crippen MR) is 123 cm³/mol. The summed E-state index contributed by atoms with van der Waals surface area (Å²) in [5.41, 5.74) is 4.08. The Hall–Kier alpha value is -3.06. The number of aromatic nitrogens is 1. The summed E-state index contributed by atoms with van der Waals surface area (Å²) >= 11 is 0. The van der Waals surface area contributed by atoms with Gasteiger partial charge in [0.2, 0.25) is 0 Å². The number of aliphatic hydroxyl groups is 1. The first-order valence-electron chi connectivity index (χ1n) is 11.1. The van der Waals surface area contributed by atoms with E-state index >= 15 is 0 Å². The molecule has 0 bridgehead atoms. The van der Waals surface area contributed by atoms with Crippen LogP contribution in [0.15, 0.2) is 29.8 Å². The van der Waals surface area contributed by atoms with Crippen LogP contribution in [-0.4, -0.2) is 64.9 Å². The van der Waals surface area contributed by atoms with E-state index in [0.717, 1.165) is 48.4 Å². The Kier molecular flexibility index (Phi) is 6.11. The van der Waals surface area contributed by atoms with Crippen LogP contribution in [0.1, 0.15) is 47.0 Å². The van der Waals surface area contributed by atoms with Crippen LogP contribution in [0.2, 0.25) is 0 Å². The van der Waals surface area contributed by atoms with Gasteiger partial charge in [-0.2, -0.15) is 0 Å². The summed E-state index contributed by atoms with van der Waals surface area (Å²) in [5, 5.41) is 11.3. The molecule has 2 saturated heterocycles. The van der Waals surface area contributed by atoms with E-state index in [1.54, 1.807) is 12.0 Å². The molecule has 0 aliphatic carbocycles. The Morgan fingerprint density at radius 3 is 2.28 bits per heavy atom. The molecule has 2 aromatic rings. The molecule has 0 radical (unpaired) electrons. The van der Waals surface area contributed by atoms with Crippen LogP contribution in [0.25, 0.3) is 5.76 Å². The maximum Gasteiger partial charge on any atom is 0.295 e. The molecule has 1 aromatic heterocycles. The average molecular weight is 438 g/mol. The summed E-state index contributed by atoms with van der Waals surface area (Å²) in [6.45, 7) is 8.86. The highest BCUT2D eigenvalue weighted by Gasteiger charge is 2.46. The number of rotatable bonds is 6. The van der Waals surface area contributed by atoms with Crippen molar-refractivity contribution in [1.82, 2.24) is 14.8 Å². The second-order valence-corrected chi connectivity index (χ2v) is 8.69. The van der Waals surface area contributed by atoms with Crippen molar-refractivity contribution in [3.05, 3.63) is 57.9 Å². The number of aliphatic hydroxyl groups excluding tert-OH is 1. The van der Waals surface area contributed by atoms with E-state index in [-0.39, 0.29) is 11.3 Å². The van der Waals surface area contributed by atoms with Crippen LogP contribution in [-0.2, 0) is 9.59 Å². The van der Waals surface area contributed by atoms with Crippen LogP contribution >= 0.6 is 0 Å². The minimum absolute atomic E-state index is 0.118. The summed E-state index contributed by atoms with van der Waals surface area (Å²) in [6, 6.07) is 6.69. The summed E-state index contributed by atoms with van der Waals surface area (Å²) < 4.78 is 5.27. The number of carbonyl (C=O) groups is 2. The molecular formula is C25H31N3O4. The minimum atomic E-state index is -0.641. The highest BCUT2D eigenvalue weighted by Crippen LogP contribution is 2.41. The molecule has 4 rings (SSSR count). The van der Waals surface area contributed by atoms with E-state index in [0.29, 0.717) is 24.4 Å². The highest BCUT2D eigenvalue weighted by molar-refractivity contribution is 6.46. The lowest BCUT2D eigenvalue weighted by molar-refractivity contribution is -0.140. The van der Waals surface area contributed by atoms with Crippen molar-refractivity contribution in [3.63, 3.8) is 0 Å². The third-order valence-corrected chi connectivity index (χ3v) is 6.75. The van der Waals surface area contributed by atoms with E-state index in [4.69, 9.17) is 4.74 Å². The summed E-state index contributed by atoms with van der Waals surface area (Å²) in [7, 11) is 1.59. The standard InChI is InChI=1S/C25H31N3O4/c1-15-16(2)26-17(3)20(15)23(29)21-22(18-7-9-19(32-4)10-8-18)28(25(31)24(21)30)14-13-27-11-5-6-12-27/h7-10,22,26,29H,5-6,11-14H2,1-4H3/b23-21+. The number of ketones is 1. The number of carbonyl (C=O) groups excluding carboxylic acids is 2. The van der Waals surface area contributed by atoms with Gasteiger partial charge in [0.25, 0.3) is 11.7 Å². The van der Waals surface area contributed by atoms with Crippen molar-refractivity contribution in [2.75, 3.05) is 33.3 Å². The summed E-state index contributed by atoms with van der Waals surface area (Å²) in [4.78, 5) is 33.5. The van der Waals surface area contributed by atoms with Gasteiger partial charge >= 0.3 is 0 Å². The Labute approximate surface area is 188 Å². The van der Waals surface area contributed by atoms with Crippen LogP contribution in [0, 0.1) is 20.8 Å². The van der Waals surface area contributed by atoms with Crippen molar-refractivity contribution in [1.29, 1.82) is 0 Å². The van der Waals surface area contributed by atoms with Crippen LogP contribution in [0.5, 0.6) is 5.75 Å². The zero-order valence-electron chi connectivity index (χ0n) is 19.2. The fourth-order valence-corrected chi connectivity index (χ4v) is 4.89. The fourth-order valence-electron chi connectivity index (χ4n) is 4.89. The van der Waals surface area contributed by atoms with Gasteiger partial charge in [0.1, 0.15) is 11.5 Å². The molecule has 1 atom stereocenters. The third kappa shape index (κ3) is 3.81.